The van der Waals surface area contributed by atoms with Crippen LogP contribution >= 0.6 is 0 Å². The van der Waals surface area contributed by atoms with Gasteiger partial charge in [0, 0.05) is 26.1 Å². The summed E-state index contributed by atoms with van der Waals surface area (Å²) < 4.78 is 10.9. The molecular formula is C28H27NO4. The van der Waals surface area contributed by atoms with Crippen LogP contribution in [0.1, 0.15) is 39.9 Å². The van der Waals surface area contributed by atoms with E-state index >= 15 is 0 Å². The maximum absolute atomic E-state index is 13.5. The number of nitrogens with zero attached hydrogens (tertiary/aromatic N) is 1. The van der Waals surface area contributed by atoms with E-state index in [1.807, 2.05) is 54.6 Å². The lowest BCUT2D eigenvalue weighted by Crippen LogP contribution is -2.23. The van der Waals surface area contributed by atoms with Crippen molar-refractivity contribution in [3.05, 3.63) is 82.9 Å². The van der Waals surface area contributed by atoms with E-state index in [1.54, 1.807) is 19.0 Å². The molecule has 2 aliphatic rings. The molecule has 0 aromatic heterocycles. The summed E-state index contributed by atoms with van der Waals surface area (Å²) in [6, 6.07) is 19.6. The molecule has 3 aromatic carbocycles. The number of benzene rings is 3. The molecule has 5 rings (SSSR count). The molecule has 0 N–H and O–H groups in total. The van der Waals surface area contributed by atoms with Crippen LogP contribution in [-0.4, -0.2) is 37.5 Å². The van der Waals surface area contributed by atoms with Gasteiger partial charge in [0.2, 0.25) is 6.79 Å². The first-order valence-electron chi connectivity index (χ1n) is 11.2. The predicted octanol–water partition coefficient (Wildman–Crippen LogP) is 4.94. The number of hydrogen-bond acceptors (Lipinski definition) is 4. The Balaban J connectivity index is 1.38. The van der Waals surface area contributed by atoms with Crippen molar-refractivity contribution in [2.75, 3.05) is 20.9 Å². The van der Waals surface area contributed by atoms with Gasteiger partial charge in [0.05, 0.1) is 5.41 Å². The fourth-order valence-corrected chi connectivity index (χ4v) is 4.63. The van der Waals surface area contributed by atoms with Crippen LogP contribution in [0.5, 0.6) is 11.5 Å². The summed E-state index contributed by atoms with van der Waals surface area (Å²) >= 11 is 0. The van der Waals surface area contributed by atoms with E-state index in [-0.39, 0.29) is 18.5 Å². The van der Waals surface area contributed by atoms with Crippen LogP contribution in [0.25, 0.3) is 11.1 Å². The zero-order valence-electron chi connectivity index (χ0n) is 19.2. The Bertz CT molecular complexity index is 1240. The Morgan fingerprint density at radius 1 is 0.939 bits per heavy atom. The quantitative estimate of drug-likeness (QED) is 0.544. The lowest BCUT2D eigenvalue weighted by molar-refractivity contribution is -0.120. The number of carbonyl (C=O) groups is 2. The third-order valence-electron chi connectivity index (χ3n) is 6.85. The van der Waals surface area contributed by atoms with E-state index in [2.05, 4.69) is 13.0 Å². The molecule has 1 amide bonds. The minimum absolute atomic E-state index is 0.0177. The largest absolute Gasteiger partial charge is 0.454 e. The predicted molar refractivity (Wildman–Crippen MR) is 127 cm³/mol. The molecule has 1 fully saturated rings. The van der Waals surface area contributed by atoms with E-state index in [9.17, 15) is 9.59 Å². The third kappa shape index (κ3) is 3.78. The van der Waals surface area contributed by atoms with Gasteiger partial charge >= 0.3 is 0 Å². The Labute approximate surface area is 193 Å². The molecule has 0 bridgehead atoms. The Hall–Kier alpha value is -3.60. The molecule has 3 aromatic rings. The second-order valence-electron chi connectivity index (χ2n) is 9.12. The molecular weight excluding hydrogens is 414 g/mol. The van der Waals surface area contributed by atoms with Crippen molar-refractivity contribution in [1.82, 2.24) is 4.90 Å². The van der Waals surface area contributed by atoms with Crippen molar-refractivity contribution in [2.45, 2.75) is 31.6 Å². The van der Waals surface area contributed by atoms with E-state index < -0.39 is 5.41 Å². The average molecular weight is 442 g/mol. The lowest BCUT2D eigenvalue weighted by atomic mass is 9.85. The standard InChI is InChI=1S/C28H27NO4/c1-18-21(5-4-6-23(18)19-7-9-20(10-8-19)27(31)29(2)3)15-26(30)28(13-14-28)22-11-12-24-25(16-22)33-17-32-24/h4-12,16H,13-15,17H2,1-3H3. The third-order valence-corrected chi connectivity index (χ3v) is 6.85. The van der Waals surface area contributed by atoms with Crippen molar-refractivity contribution < 1.29 is 19.1 Å². The lowest BCUT2D eigenvalue weighted by Gasteiger charge is -2.17. The number of ketones is 1. The molecule has 5 heteroatoms. The molecule has 0 saturated heterocycles. The zero-order chi connectivity index (χ0) is 23.2. The summed E-state index contributed by atoms with van der Waals surface area (Å²) in [4.78, 5) is 27.2. The second-order valence-corrected chi connectivity index (χ2v) is 9.12. The van der Waals surface area contributed by atoms with Gasteiger partial charge < -0.3 is 14.4 Å². The van der Waals surface area contributed by atoms with Crippen LogP contribution < -0.4 is 9.47 Å². The first-order chi connectivity index (χ1) is 15.9. The summed E-state index contributed by atoms with van der Waals surface area (Å²) in [7, 11) is 3.49. The van der Waals surface area contributed by atoms with Crippen molar-refractivity contribution >= 4 is 11.7 Å². The van der Waals surface area contributed by atoms with Crippen molar-refractivity contribution in [1.29, 1.82) is 0 Å². The Morgan fingerprint density at radius 3 is 2.36 bits per heavy atom. The highest BCUT2D eigenvalue weighted by Gasteiger charge is 2.50. The van der Waals surface area contributed by atoms with E-state index in [1.165, 1.54) is 0 Å². The fraction of sp³-hybridized carbons (Fsp3) is 0.286. The molecule has 0 spiro atoms. The number of hydrogen-bond donors (Lipinski definition) is 0. The van der Waals surface area contributed by atoms with Gasteiger partial charge in [-0.05, 0) is 71.8 Å². The first-order valence-corrected chi connectivity index (χ1v) is 11.2. The minimum Gasteiger partial charge on any atom is -0.454 e. The average Bonchev–Trinajstić information content (AvgIpc) is 3.51. The Kier molecular flexibility index (Phi) is 5.20. The summed E-state index contributed by atoms with van der Waals surface area (Å²) in [6.45, 7) is 2.30. The molecule has 5 nitrogen and oxygen atoms in total. The van der Waals surface area contributed by atoms with Crippen LogP contribution in [0.2, 0.25) is 0 Å². The van der Waals surface area contributed by atoms with Crippen LogP contribution in [0, 0.1) is 6.92 Å². The molecule has 0 atom stereocenters. The highest BCUT2D eigenvalue weighted by Crippen LogP contribution is 2.51. The van der Waals surface area contributed by atoms with Gasteiger partial charge in [-0.25, -0.2) is 0 Å². The summed E-state index contributed by atoms with van der Waals surface area (Å²) in [5.74, 6) is 1.69. The van der Waals surface area contributed by atoms with Crippen molar-refractivity contribution in [2.24, 2.45) is 0 Å². The SMILES string of the molecule is Cc1c(CC(=O)C2(c3ccc4c(c3)OCO4)CC2)cccc1-c1ccc(C(=O)N(C)C)cc1. The molecule has 1 aliphatic carbocycles. The van der Waals surface area contributed by atoms with Gasteiger partial charge in [-0.3, -0.25) is 9.59 Å². The number of rotatable bonds is 6. The Morgan fingerprint density at radius 2 is 1.67 bits per heavy atom. The van der Waals surface area contributed by atoms with Gasteiger partial charge in [0.1, 0.15) is 5.78 Å². The number of carbonyl (C=O) groups excluding carboxylic acids is 2. The number of ether oxygens (including phenoxy) is 2. The molecule has 0 unspecified atom stereocenters. The smallest absolute Gasteiger partial charge is 0.253 e. The topological polar surface area (TPSA) is 55.8 Å². The van der Waals surface area contributed by atoms with Crippen molar-refractivity contribution in [3.8, 4) is 22.6 Å². The van der Waals surface area contributed by atoms with Gasteiger partial charge in [0.15, 0.2) is 11.5 Å². The van der Waals surface area contributed by atoms with Crippen LogP contribution in [-0.2, 0) is 16.6 Å². The van der Waals surface area contributed by atoms with Gasteiger partial charge in [-0.1, -0.05) is 36.4 Å². The second kappa shape index (κ2) is 8.07. The van der Waals surface area contributed by atoms with E-state index in [0.717, 1.165) is 52.2 Å². The van der Waals surface area contributed by atoms with Crippen molar-refractivity contribution in [3.63, 3.8) is 0 Å². The summed E-state index contributed by atoms with van der Waals surface area (Å²) in [5.41, 5.74) is 5.51. The molecule has 1 heterocycles. The van der Waals surface area contributed by atoms with E-state index in [4.69, 9.17) is 9.47 Å². The maximum Gasteiger partial charge on any atom is 0.253 e. The molecule has 1 aliphatic heterocycles. The zero-order valence-corrected chi connectivity index (χ0v) is 19.2. The highest BCUT2D eigenvalue weighted by molar-refractivity contribution is 5.96. The minimum atomic E-state index is -0.419. The number of Topliss-reactive ketones (excluding diaryl/α,β-unsaturated/α-hetero) is 1. The molecule has 168 valence electrons. The van der Waals surface area contributed by atoms with Gasteiger partial charge in [-0.2, -0.15) is 0 Å². The highest BCUT2D eigenvalue weighted by atomic mass is 16.7. The van der Waals surface area contributed by atoms with Gasteiger partial charge in [-0.15, -0.1) is 0 Å². The number of fused-ring (bicyclic) bond motifs is 1. The van der Waals surface area contributed by atoms with Crippen LogP contribution in [0.15, 0.2) is 60.7 Å². The molecule has 0 radical (unpaired) electrons. The fourth-order valence-electron chi connectivity index (χ4n) is 4.63. The van der Waals surface area contributed by atoms with Gasteiger partial charge in [0.25, 0.3) is 5.91 Å². The number of amides is 1. The summed E-state index contributed by atoms with van der Waals surface area (Å²) in [5, 5.41) is 0. The van der Waals surface area contributed by atoms with Crippen LogP contribution in [0.4, 0.5) is 0 Å². The van der Waals surface area contributed by atoms with Crippen LogP contribution in [0.3, 0.4) is 0 Å². The van der Waals surface area contributed by atoms with E-state index in [0.29, 0.717) is 12.0 Å². The molecule has 33 heavy (non-hydrogen) atoms. The summed E-state index contributed by atoms with van der Waals surface area (Å²) in [6.07, 6.45) is 2.13. The normalized spacial score (nSPS) is 15.2. The molecule has 1 saturated carbocycles. The first kappa shape index (κ1) is 21.3. The maximum atomic E-state index is 13.5. The monoisotopic (exact) mass is 441 g/mol.